The van der Waals surface area contributed by atoms with Crippen molar-refractivity contribution in [2.24, 2.45) is 0 Å². The number of hydrogen-bond acceptors (Lipinski definition) is 3. The molecule has 0 spiro atoms. The lowest BCUT2D eigenvalue weighted by Gasteiger charge is -2.51. The number of hydrogen-bond donors (Lipinski definition) is 1. The highest BCUT2D eigenvalue weighted by atomic mass is 16.5. The Morgan fingerprint density at radius 3 is 2.81 bits per heavy atom. The van der Waals surface area contributed by atoms with Gasteiger partial charge in [-0.1, -0.05) is 30.3 Å². The number of rotatable bonds is 3. The van der Waals surface area contributed by atoms with Crippen LogP contribution >= 0.6 is 0 Å². The second-order valence-electron chi connectivity index (χ2n) is 6.69. The van der Waals surface area contributed by atoms with E-state index in [4.69, 9.17) is 4.74 Å². The minimum absolute atomic E-state index is 0.0970. The Hall–Kier alpha value is -0.900. The molecule has 1 aromatic carbocycles. The van der Waals surface area contributed by atoms with Crippen molar-refractivity contribution in [1.29, 1.82) is 0 Å². The molecule has 1 saturated heterocycles. The van der Waals surface area contributed by atoms with Crippen LogP contribution in [0.2, 0.25) is 0 Å². The largest absolute Gasteiger partial charge is 0.381 e. The van der Waals surface area contributed by atoms with E-state index >= 15 is 0 Å². The fourth-order valence-corrected chi connectivity index (χ4v) is 4.15. The van der Waals surface area contributed by atoms with Gasteiger partial charge in [0.05, 0.1) is 11.6 Å². The first-order valence-electron chi connectivity index (χ1n) is 8.30. The molecule has 1 heterocycles. The van der Waals surface area contributed by atoms with Crippen LogP contribution in [0.15, 0.2) is 30.3 Å². The second kappa shape index (κ2) is 6.47. The summed E-state index contributed by atoms with van der Waals surface area (Å²) in [6.45, 7) is 5.65. The molecule has 116 valence electrons. The zero-order valence-electron chi connectivity index (χ0n) is 13.3. The number of benzene rings is 1. The van der Waals surface area contributed by atoms with E-state index < -0.39 is 0 Å². The van der Waals surface area contributed by atoms with Crippen LogP contribution in [-0.2, 0) is 10.3 Å². The molecule has 3 nitrogen and oxygen atoms in total. The zero-order valence-corrected chi connectivity index (χ0v) is 13.3. The third-order valence-electron chi connectivity index (χ3n) is 5.40. The number of nitrogens with zero attached hydrogens (tertiary/aromatic N) is 1. The number of ether oxygens (including phenoxy) is 1. The quantitative estimate of drug-likeness (QED) is 0.925. The van der Waals surface area contributed by atoms with E-state index in [2.05, 4.69) is 47.5 Å². The van der Waals surface area contributed by atoms with Gasteiger partial charge in [-0.2, -0.15) is 0 Å². The first kappa shape index (κ1) is 15.0. The van der Waals surface area contributed by atoms with Gasteiger partial charge in [0.25, 0.3) is 0 Å². The minimum atomic E-state index is 0.0970. The number of piperazine rings is 1. The summed E-state index contributed by atoms with van der Waals surface area (Å²) in [5.74, 6) is 0. The summed E-state index contributed by atoms with van der Waals surface area (Å²) in [5, 5.41) is 3.60. The fourth-order valence-electron chi connectivity index (χ4n) is 4.15. The summed E-state index contributed by atoms with van der Waals surface area (Å²) >= 11 is 0. The van der Waals surface area contributed by atoms with E-state index in [0.717, 1.165) is 19.6 Å². The van der Waals surface area contributed by atoms with Gasteiger partial charge in [-0.3, -0.25) is 4.90 Å². The molecule has 0 amide bonds. The van der Waals surface area contributed by atoms with Crippen molar-refractivity contribution < 1.29 is 4.74 Å². The molecule has 3 rings (SSSR count). The van der Waals surface area contributed by atoms with Gasteiger partial charge in [-0.25, -0.2) is 0 Å². The molecule has 3 unspecified atom stereocenters. The Morgan fingerprint density at radius 2 is 2.05 bits per heavy atom. The maximum Gasteiger partial charge on any atom is 0.0586 e. The van der Waals surface area contributed by atoms with Gasteiger partial charge in [0.2, 0.25) is 0 Å². The van der Waals surface area contributed by atoms with Gasteiger partial charge in [0.1, 0.15) is 0 Å². The maximum atomic E-state index is 5.64. The van der Waals surface area contributed by atoms with Crippen LogP contribution in [0, 0.1) is 0 Å². The molecule has 1 aromatic rings. The zero-order chi connectivity index (χ0) is 14.7. The van der Waals surface area contributed by atoms with Gasteiger partial charge in [0.15, 0.2) is 0 Å². The molecule has 1 N–H and O–H groups in total. The molecule has 0 radical (unpaired) electrons. The summed E-state index contributed by atoms with van der Waals surface area (Å²) in [6, 6.07) is 11.6. The van der Waals surface area contributed by atoms with Crippen molar-refractivity contribution in [3.05, 3.63) is 35.9 Å². The second-order valence-corrected chi connectivity index (χ2v) is 6.69. The lowest BCUT2D eigenvalue weighted by Crippen LogP contribution is -2.61. The van der Waals surface area contributed by atoms with Gasteiger partial charge in [-0.15, -0.1) is 0 Å². The van der Waals surface area contributed by atoms with Crippen LogP contribution in [0.5, 0.6) is 0 Å². The lowest BCUT2D eigenvalue weighted by atomic mass is 9.83. The third-order valence-corrected chi connectivity index (χ3v) is 5.40. The van der Waals surface area contributed by atoms with Crippen molar-refractivity contribution in [1.82, 2.24) is 10.2 Å². The average Bonchev–Trinajstić information content (AvgIpc) is 2.56. The molecule has 2 fully saturated rings. The first-order chi connectivity index (χ1) is 10.2. The molecule has 0 aromatic heterocycles. The van der Waals surface area contributed by atoms with Gasteiger partial charge >= 0.3 is 0 Å². The molecule has 21 heavy (non-hydrogen) atoms. The molecular formula is C18H28N2O. The van der Waals surface area contributed by atoms with E-state index in [-0.39, 0.29) is 5.54 Å². The Labute approximate surface area is 128 Å². The van der Waals surface area contributed by atoms with Crippen LogP contribution in [-0.4, -0.2) is 43.8 Å². The summed E-state index contributed by atoms with van der Waals surface area (Å²) in [5.41, 5.74) is 1.52. The van der Waals surface area contributed by atoms with Crippen molar-refractivity contribution in [3.8, 4) is 0 Å². The predicted molar refractivity (Wildman–Crippen MR) is 86.4 cm³/mol. The molecule has 1 aliphatic carbocycles. The highest BCUT2D eigenvalue weighted by Crippen LogP contribution is 2.36. The van der Waals surface area contributed by atoms with Gasteiger partial charge in [-0.05, 0) is 38.2 Å². The molecule has 1 saturated carbocycles. The van der Waals surface area contributed by atoms with Crippen LogP contribution in [0.3, 0.4) is 0 Å². The summed E-state index contributed by atoms with van der Waals surface area (Å²) in [7, 11) is 1.86. The van der Waals surface area contributed by atoms with Crippen molar-refractivity contribution >= 4 is 0 Å². The Balaban J connectivity index is 1.84. The lowest BCUT2D eigenvalue weighted by molar-refractivity contribution is -0.0262. The van der Waals surface area contributed by atoms with E-state index in [1.165, 1.54) is 31.2 Å². The third kappa shape index (κ3) is 3.01. The maximum absolute atomic E-state index is 5.64. The first-order valence-corrected chi connectivity index (χ1v) is 8.30. The van der Waals surface area contributed by atoms with Crippen molar-refractivity contribution in [2.75, 3.05) is 26.7 Å². The van der Waals surface area contributed by atoms with Crippen molar-refractivity contribution in [3.63, 3.8) is 0 Å². The standard InChI is InChI=1S/C18H28N2O/c1-18(15-7-4-3-5-8-15)14-19-11-12-20(18)16-9-6-10-17(13-16)21-2/h3-5,7-8,16-17,19H,6,9-14H2,1-2H3. The van der Waals surface area contributed by atoms with Gasteiger partial charge in [0, 0.05) is 32.8 Å². The summed E-state index contributed by atoms with van der Waals surface area (Å²) in [6.07, 6.45) is 5.44. The molecule has 1 aliphatic heterocycles. The van der Waals surface area contributed by atoms with E-state index in [9.17, 15) is 0 Å². The molecule has 2 aliphatic rings. The Morgan fingerprint density at radius 1 is 1.24 bits per heavy atom. The molecule has 3 heteroatoms. The van der Waals surface area contributed by atoms with E-state index in [1.807, 2.05) is 7.11 Å². The van der Waals surface area contributed by atoms with E-state index in [1.54, 1.807) is 0 Å². The Bertz CT molecular complexity index is 450. The van der Waals surface area contributed by atoms with Crippen molar-refractivity contribution in [2.45, 2.75) is 50.3 Å². The smallest absolute Gasteiger partial charge is 0.0586 e. The minimum Gasteiger partial charge on any atom is -0.381 e. The Kier molecular flexibility index (Phi) is 4.63. The normalized spacial score (nSPS) is 34.8. The molecular weight excluding hydrogens is 260 g/mol. The van der Waals surface area contributed by atoms with Crippen LogP contribution in [0.4, 0.5) is 0 Å². The van der Waals surface area contributed by atoms with E-state index in [0.29, 0.717) is 12.1 Å². The topological polar surface area (TPSA) is 24.5 Å². The summed E-state index contributed by atoms with van der Waals surface area (Å²) < 4.78 is 5.64. The predicted octanol–water partition coefficient (Wildman–Crippen LogP) is 2.76. The monoisotopic (exact) mass is 288 g/mol. The molecule has 0 bridgehead atoms. The summed E-state index contributed by atoms with van der Waals surface area (Å²) in [4.78, 5) is 2.74. The van der Waals surface area contributed by atoms with Gasteiger partial charge < -0.3 is 10.1 Å². The molecule has 3 atom stereocenters. The highest BCUT2D eigenvalue weighted by Gasteiger charge is 2.41. The highest BCUT2D eigenvalue weighted by molar-refractivity contribution is 5.25. The fraction of sp³-hybridized carbons (Fsp3) is 0.667. The SMILES string of the molecule is COC1CCCC(N2CCNCC2(C)c2ccccc2)C1. The van der Waals surface area contributed by atoms with Crippen LogP contribution in [0.25, 0.3) is 0 Å². The van der Waals surface area contributed by atoms with Crippen LogP contribution in [0.1, 0.15) is 38.2 Å². The van der Waals surface area contributed by atoms with Crippen LogP contribution < -0.4 is 5.32 Å². The number of nitrogens with one attached hydrogen (secondary N) is 1. The average molecular weight is 288 g/mol. The number of methoxy groups -OCH3 is 1.